The molecule has 20 heavy (non-hydrogen) atoms. The quantitative estimate of drug-likeness (QED) is 0.286. The minimum atomic E-state index is 0. The summed E-state index contributed by atoms with van der Waals surface area (Å²) in [5.41, 5.74) is 0. The second kappa shape index (κ2) is 12.7. The minimum Gasteiger partial charge on any atom is -0.378 e. The summed E-state index contributed by atoms with van der Waals surface area (Å²) >= 11 is 0. The van der Waals surface area contributed by atoms with Gasteiger partial charge in [0, 0.05) is 26.7 Å². The number of guanidine groups is 1. The summed E-state index contributed by atoms with van der Waals surface area (Å²) in [5, 5.41) is 6.66. The van der Waals surface area contributed by atoms with Crippen molar-refractivity contribution in [3.8, 4) is 0 Å². The zero-order valence-electron chi connectivity index (χ0n) is 13.3. The normalized spacial score (nSPS) is 16.3. The predicted molar refractivity (Wildman–Crippen MR) is 97.1 cm³/mol. The lowest BCUT2D eigenvalue weighted by atomic mass is 10.1. The Bertz CT molecular complexity index is 254. The molecule has 1 fully saturated rings. The summed E-state index contributed by atoms with van der Waals surface area (Å²) in [7, 11) is 1.82. The molecule has 1 rings (SSSR count). The van der Waals surface area contributed by atoms with Crippen LogP contribution in [0.2, 0.25) is 0 Å². The lowest BCUT2D eigenvalue weighted by Gasteiger charge is -2.14. The second-order valence-corrected chi connectivity index (χ2v) is 5.74. The number of nitrogens with one attached hydrogen (secondary N) is 2. The standard InChI is InChI=1S/C15H31N3O.HI/c1-13(2)9-11-18-15(16-3)17-10-6-12-19-14-7-4-5-8-14;/h13-14H,4-12H2,1-3H3,(H2,16,17,18);1H. The van der Waals surface area contributed by atoms with Gasteiger partial charge in [0.15, 0.2) is 5.96 Å². The SMILES string of the molecule is CN=C(NCCCOC1CCCC1)NCCC(C)C.I. The van der Waals surface area contributed by atoms with Crippen LogP contribution in [0.4, 0.5) is 0 Å². The van der Waals surface area contributed by atoms with E-state index in [1.54, 1.807) is 0 Å². The first-order valence-corrected chi connectivity index (χ1v) is 7.78. The average molecular weight is 397 g/mol. The van der Waals surface area contributed by atoms with E-state index in [2.05, 4.69) is 29.5 Å². The van der Waals surface area contributed by atoms with Crippen molar-refractivity contribution in [3.05, 3.63) is 0 Å². The van der Waals surface area contributed by atoms with Crippen molar-refractivity contribution in [1.29, 1.82) is 0 Å². The molecular weight excluding hydrogens is 365 g/mol. The smallest absolute Gasteiger partial charge is 0.190 e. The van der Waals surface area contributed by atoms with Gasteiger partial charge in [0.2, 0.25) is 0 Å². The summed E-state index contributed by atoms with van der Waals surface area (Å²) in [6.45, 7) is 7.24. The Morgan fingerprint density at radius 2 is 1.85 bits per heavy atom. The van der Waals surface area contributed by atoms with E-state index < -0.39 is 0 Å². The van der Waals surface area contributed by atoms with Crippen LogP contribution in [0.15, 0.2) is 4.99 Å². The molecule has 0 saturated heterocycles. The van der Waals surface area contributed by atoms with Gasteiger partial charge in [-0.3, -0.25) is 4.99 Å². The third-order valence-electron chi connectivity index (χ3n) is 3.51. The summed E-state index contributed by atoms with van der Waals surface area (Å²) in [4.78, 5) is 4.21. The molecule has 120 valence electrons. The van der Waals surface area contributed by atoms with Crippen molar-refractivity contribution >= 4 is 29.9 Å². The van der Waals surface area contributed by atoms with E-state index in [-0.39, 0.29) is 24.0 Å². The average Bonchev–Trinajstić information content (AvgIpc) is 2.89. The van der Waals surface area contributed by atoms with Crippen molar-refractivity contribution in [3.63, 3.8) is 0 Å². The maximum Gasteiger partial charge on any atom is 0.190 e. The van der Waals surface area contributed by atoms with E-state index in [0.717, 1.165) is 38.0 Å². The van der Waals surface area contributed by atoms with E-state index >= 15 is 0 Å². The second-order valence-electron chi connectivity index (χ2n) is 5.74. The van der Waals surface area contributed by atoms with E-state index in [9.17, 15) is 0 Å². The third kappa shape index (κ3) is 9.80. The maximum absolute atomic E-state index is 5.83. The summed E-state index contributed by atoms with van der Waals surface area (Å²) in [6.07, 6.45) is 7.94. The third-order valence-corrected chi connectivity index (χ3v) is 3.51. The number of hydrogen-bond acceptors (Lipinski definition) is 2. The van der Waals surface area contributed by atoms with Gasteiger partial charge in [-0.1, -0.05) is 26.7 Å². The molecule has 0 aromatic rings. The Morgan fingerprint density at radius 3 is 2.45 bits per heavy atom. The number of rotatable bonds is 8. The summed E-state index contributed by atoms with van der Waals surface area (Å²) in [5.74, 6) is 1.63. The van der Waals surface area contributed by atoms with Gasteiger partial charge in [0.25, 0.3) is 0 Å². The van der Waals surface area contributed by atoms with Gasteiger partial charge in [0.05, 0.1) is 6.10 Å². The number of hydrogen-bond donors (Lipinski definition) is 2. The lowest BCUT2D eigenvalue weighted by molar-refractivity contribution is 0.0574. The minimum absolute atomic E-state index is 0. The fourth-order valence-corrected chi connectivity index (χ4v) is 2.28. The molecule has 1 aliphatic rings. The van der Waals surface area contributed by atoms with Crippen LogP contribution in [0.5, 0.6) is 0 Å². The molecule has 0 bridgehead atoms. The van der Waals surface area contributed by atoms with Gasteiger partial charge < -0.3 is 15.4 Å². The van der Waals surface area contributed by atoms with Crippen LogP contribution in [0.1, 0.15) is 52.4 Å². The first-order valence-electron chi connectivity index (χ1n) is 7.78. The number of halogens is 1. The summed E-state index contributed by atoms with van der Waals surface area (Å²) < 4.78 is 5.83. The molecule has 0 radical (unpaired) electrons. The molecule has 4 nitrogen and oxygen atoms in total. The first-order chi connectivity index (χ1) is 9.22. The van der Waals surface area contributed by atoms with Crippen molar-refractivity contribution in [2.24, 2.45) is 10.9 Å². The Hall–Kier alpha value is -0.0400. The van der Waals surface area contributed by atoms with Crippen molar-refractivity contribution in [2.45, 2.75) is 58.5 Å². The fraction of sp³-hybridized carbons (Fsp3) is 0.933. The topological polar surface area (TPSA) is 45.7 Å². The zero-order valence-corrected chi connectivity index (χ0v) is 15.6. The molecule has 0 unspecified atom stereocenters. The van der Waals surface area contributed by atoms with Crippen LogP contribution in [-0.4, -0.2) is 38.8 Å². The molecule has 0 spiro atoms. The van der Waals surface area contributed by atoms with Gasteiger partial charge in [-0.2, -0.15) is 0 Å². The molecule has 2 N–H and O–H groups in total. The Morgan fingerprint density at radius 1 is 1.20 bits per heavy atom. The lowest BCUT2D eigenvalue weighted by Crippen LogP contribution is -2.38. The van der Waals surface area contributed by atoms with Crippen LogP contribution in [0.25, 0.3) is 0 Å². The highest BCUT2D eigenvalue weighted by molar-refractivity contribution is 14.0. The van der Waals surface area contributed by atoms with Gasteiger partial charge >= 0.3 is 0 Å². The van der Waals surface area contributed by atoms with Crippen molar-refractivity contribution in [2.75, 3.05) is 26.7 Å². The highest BCUT2D eigenvalue weighted by Crippen LogP contribution is 2.20. The number of aliphatic imine (C=N–C) groups is 1. The van der Waals surface area contributed by atoms with Crippen LogP contribution in [0, 0.1) is 5.92 Å². The molecule has 0 aliphatic heterocycles. The van der Waals surface area contributed by atoms with E-state index in [0.29, 0.717) is 6.10 Å². The fourth-order valence-electron chi connectivity index (χ4n) is 2.28. The van der Waals surface area contributed by atoms with Crippen LogP contribution >= 0.6 is 24.0 Å². The molecular formula is C15H32IN3O. The maximum atomic E-state index is 5.83. The van der Waals surface area contributed by atoms with Crippen LogP contribution in [-0.2, 0) is 4.74 Å². The monoisotopic (exact) mass is 397 g/mol. The van der Waals surface area contributed by atoms with E-state index in [1.165, 1.54) is 32.1 Å². The molecule has 1 saturated carbocycles. The van der Waals surface area contributed by atoms with Crippen molar-refractivity contribution < 1.29 is 4.74 Å². The Balaban J connectivity index is 0.00000361. The molecule has 0 amide bonds. The number of nitrogens with zero attached hydrogens (tertiary/aromatic N) is 1. The van der Waals surface area contributed by atoms with Gasteiger partial charge in [0.1, 0.15) is 0 Å². The molecule has 0 aromatic carbocycles. The van der Waals surface area contributed by atoms with Gasteiger partial charge in [-0.15, -0.1) is 24.0 Å². The molecule has 0 heterocycles. The highest BCUT2D eigenvalue weighted by atomic mass is 127. The van der Waals surface area contributed by atoms with Crippen molar-refractivity contribution in [1.82, 2.24) is 10.6 Å². The Labute approximate surface area is 141 Å². The zero-order chi connectivity index (χ0) is 13.9. The van der Waals surface area contributed by atoms with E-state index in [4.69, 9.17) is 4.74 Å². The van der Waals surface area contributed by atoms with E-state index in [1.807, 2.05) is 7.05 Å². The van der Waals surface area contributed by atoms with Crippen LogP contribution in [0.3, 0.4) is 0 Å². The Kier molecular flexibility index (Phi) is 12.7. The van der Waals surface area contributed by atoms with Gasteiger partial charge in [-0.05, 0) is 31.6 Å². The molecule has 0 aromatic heterocycles. The largest absolute Gasteiger partial charge is 0.378 e. The summed E-state index contributed by atoms with van der Waals surface area (Å²) in [6, 6.07) is 0. The highest BCUT2D eigenvalue weighted by Gasteiger charge is 2.14. The molecule has 1 aliphatic carbocycles. The predicted octanol–water partition coefficient (Wildman–Crippen LogP) is 3.16. The molecule has 0 atom stereocenters. The first kappa shape index (κ1) is 20.0. The molecule has 5 heteroatoms. The number of ether oxygens (including phenoxy) is 1. The van der Waals surface area contributed by atoms with Gasteiger partial charge in [-0.25, -0.2) is 0 Å². The van der Waals surface area contributed by atoms with Crippen LogP contribution < -0.4 is 10.6 Å².